The summed E-state index contributed by atoms with van der Waals surface area (Å²) >= 11 is 1.30. The molecule has 0 aromatic heterocycles. The molecular weight excluding hydrogens is 388 g/mol. The van der Waals surface area contributed by atoms with Gasteiger partial charge in [-0.3, -0.25) is 14.4 Å². The molecule has 1 aliphatic carbocycles. The smallest absolute Gasteiger partial charge is 0.250 e. The fourth-order valence-corrected chi connectivity index (χ4v) is 5.44. The minimum absolute atomic E-state index is 0.0434. The number of piperazine rings is 1. The van der Waals surface area contributed by atoms with Crippen LogP contribution in [-0.2, 0) is 14.4 Å². The second-order valence-corrected chi connectivity index (χ2v) is 9.01. The number of amides is 3. The first-order valence-corrected chi connectivity index (χ1v) is 11.4. The average Bonchev–Trinajstić information content (AvgIpc) is 2.76. The summed E-state index contributed by atoms with van der Waals surface area (Å²) in [6, 6.07) is 7.71. The zero-order valence-electron chi connectivity index (χ0n) is 16.6. The molecule has 1 unspecified atom stereocenters. The fourth-order valence-electron chi connectivity index (χ4n) is 4.25. The Hall–Kier alpha value is -2.06. The van der Waals surface area contributed by atoms with E-state index < -0.39 is 5.25 Å². The van der Waals surface area contributed by atoms with E-state index in [1.807, 2.05) is 24.3 Å². The van der Waals surface area contributed by atoms with E-state index in [1.165, 1.54) is 23.1 Å². The van der Waals surface area contributed by atoms with Gasteiger partial charge in [-0.2, -0.15) is 0 Å². The number of para-hydroxylation sites is 1. The van der Waals surface area contributed by atoms with Crippen molar-refractivity contribution in [1.29, 1.82) is 0 Å². The van der Waals surface area contributed by atoms with Gasteiger partial charge in [-0.05, 0) is 25.0 Å². The Kier molecular flexibility index (Phi) is 6.40. The minimum atomic E-state index is -0.828. The first-order chi connectivity index (χ1) is 14.1. The SMILES string of the molecule is O=C(CN1C(=O)C(C(=O)N2CCNCC2)Sc2ccccc21)NC1CCCCC1. The summed E-state index contributed by atoms with van der Waals surface area (Å²) in [4.78, 5) is 43.1. The summed E-state index contributed by atoms with van der Waals surface area (Å²) in [5.74, 6) is -0.606. The number of carbonyl (C=O) groups excluding carboxylic acids is 3. The van der Waals surface area contributed by atoms with E-state index in [9.17, 15) is 14.4 Å². The van der Waals surface area contributed by atoms with Crippen molar-refractivity contribution in [3.8, 4) is 0 Å². The van der Waals surface area contributed by atoms with Gasteiger partial charge in [0.25, 0.3) is 5.91 Å². The Morgan fingerprint density at radius 1 is 1.10 bits per heavy atom. The van der Waals surface area contributed by atoms with Gasteiger partial charge in [0, 0.05) is 37.1 Å². The highest BCUT2D eigenvalue weighted by molar-refractivity contribution is 8.01. The molecule has 7 nitrogen and oxygen atoms in total. The van der Waals surface area contributed by atoms with Crippen LogP contribution in [0.25, 0.3) is 0 Å². The highest BCUT2D eigenvalue weighted by Crippen LogP contribution is 2.39. The Bertz CT molecular complexity index is 775. The predicted molar refractivity (Wildman–Crippen MR) is 113 cm³/mol. The lowest BCUT2D eigenvalue weighted by atomic mass is 9.95. The second kappa shape index (κ2) is 9.17. The largest absolute Gasteiger partial charge is 0.352 e. The standard InChI is InChI=1S/C21H28N4O3S/c26-18(23-15-6-2-1-3-7-15)14-25-16-8-4-5-9-17(16)29-19(21(25)28)20(27)24-12-10-22-11-13-24/h4-5,8-9,15,19,22H,1-3,6-7,10-14H2,(H,23,26). The molecule has 156 valence electrons. The van der Waals surface area contributed by atoms with Crippen molar-refractivity contribution in [2.45, 2.75) is 48.3 Å². The van der Waals surface area contributed by atoms with E-state index >= 15 is 0 Å². The Labute approximate surface area is 175 Å². The number of nitrogens with zero attached hydrogens (tertiary/aromatic N) is 2. The molecule has 8 heteroatoms. The average molecular weight is 417 g/mol. The van der Waals surface area contributed by atoms with Gasteiger partial charge in [0.05, 0.1) is 5.69 Å². The van der Waals surface area contributed by atoms with Gasteiger partial charge in [-0.25, -0.2) is 0 Å². The van der Waals surface area contributed by atoms with Gasteiger partial charge in [-0.1, -0.05) is 31.4 Å². The summed E-state index contributed by atoms with van der Waals surface area (Å²) in [6.45, 7) is 2.64. The van der Waals surface area contributed by atoms with Crippen LogP contribution in [0.3, 0.4) is 0 Å². The van der Waals surface area contributed by atoms with E-state index in [0.717, 1.165) is 43.7 Å². The summed E-state index contributed by atoms with van der Waals surface area (Å²) in [5.41, 5.74) is 0.714. The van der Waals surface area contributed by atoms with Gasteiger partial charge in [-0.15, -0.1) is 11.8 Å². The maximum absolute atomic E-state index is 13.3. The third-order valence-electron chi connectivity index (χ3n) is 5.82. The summed E-state index contributed by atoms with van der Waals surface area (Å²) in [5, 5.41) is 5.48. The number of thioether (sulfide) groups is 1. The van der Waals surface area contributed by atoms with Crippen molar-refractivity contribution < 1.29 is 14.4 Å². The maximum Gasteiger partial charge on any atom is 0.250 e. The number of fused-ring (bicyclic) bond motifs is 1. The second-order valence-electron chi connectivity index (χ2n) is 7.87. The van der Waals surface area contributed by atoms with Crippen LogP contribution >= 0.6 is 11.8 Å². The summed E-state index contributed by atoms with van der Waals surface area (Å²) < 4.78 is 0. The predicted octanol–water partition coefficient (Wildman–Crippen LogP) is 1.37. The molecule has 3 aliphatic rings. The van der Waals surface area contributed by atoms with E-state index in [0.29, 0.717) is 18.8 Å². The molecule has 1 aromatic carbocycles. The topological polar surface area (TPSA) is 81.8 Å². The number of nitrogens with one attached hydrogen (secondary N) is 2. The number of anilines is 1. The highest BCUT2D eigenvalue weighted by atomic mass is 32.2. The Morgan fingerprint density at radius 2 is 1.83 bits per heavy atom. The maximum atomic E-state index is 13.3. The monoisotopic (exact) mass is 416 g/mol. The molecule has 2 N–H and O–H groups in total. The molecule has 0 bridgehead atoms. The molecule has 1 saturated heterocycles. The summed E-state index contributed by atoms with van der Waals surface area (Å²) in [7, 11) is 0. The Balaban J connectivity index is 1.50. The zero-order chi connectivity index (χ0) is 20.2. The zero-order valence-corrected chi connectivity index (χ0v) is 17.4. The van der Waals surface area contributed by atoms with Crippen LogP contribution < -0.4 is 15.5 Å². The number of hydrogen-bond donors (Lipinski definition) is 2. The normalized spacial score (nSPS) is 22.9. The first kappa shape index (κ1) is 20.2. The number of rotatable bonds is 4. The molecule has 29 heavy (non-hydrogen) atoms. The molecule has 2 heterocycles. The van der Waals surface area contributed by atoms with Gasteiger partial charge >= 0.3 is 0 Å². The molecule has 4 rings (SSSR count). The van der Waals surface area contributed by atoms with Crippen LogP contribution in [0.4, 0.5) is 5.69 Å². The lowest BCUT2D eigenvalue weighted by Gasteiger charge is -2.36. The lowest BCUT2D eigenvalue weighted by molar-refractivity contribution is -0.135. The van der Waals surface area contributed by atoms with Crippen LogP contribution in [0.2, 0.25) is 0 Å². The first-order valence-electron chi connectivity index (χ1n) is 10.5. The molecule has 2 aliphatic heterocycles. The van der Waals surface area contributed by atoms with Crippen molar-refractivity contribution in [2.75, 3.05) is 37.6 Å². The van der Waals surface area contributed by atoms with Gasteiger partial charge < -0.3 is 20.4 Å². The summed E-state index contributed by atoms with van der Waals surface area (Å²) in [6.07, 6.45) is 5.48. The minimum Gasteiger partial charge on any atom is -0.352 e. The van der Waals surface area contributed by atoms with Crippen molar-refractivity contribution in [3.63, 3.8) is 0 Å². The van der Waals surface area contributed by atoms with Gasteiger partial charge in [0.2, 0.25) is 11.8 Å². The van der Waals surface area contributed by atoms with Crippen LogP contribution in [-0.4, -0.2) is 66.6 Å². The number of benzene rings is 1. The van der Waals surface area contributed by atoms with Crippen molar-refractivity contribution in [1.82, 2.24) is 15.5 Å². The quantitative estimate of drug-likeness (QED) is 0.725. The van der Waals surface area contributed by atoms with Crippen LogP contribution in [0.5, 0.6) is 0 Å². The molecule has 2 fully saturated rings. The number of hydrogen-bond acceptors (Lipinski definition) is 5. The van der Waals surface area contributed by atoms with Gasteiger partial charge in [0.1, 0.15) is 6.54 Å². The highest BCUT2D eigenvalue weighted by Gasteiger charge is 2.41. The van der Waals surface area contributed by atoms with Crippen LogP contribution in [0, 0.1) is 0 Å². The van der Waals surface area contributed by atoms with Crippen molar-refractivity contribution >= 4 is 35.2 Å². The molecule has 0 radical (unpaired) electrons. The third-order valence-corrected chi connectivity index (χ3v) is 7.05. The molecule has 3 amide bonds. The van der Waals surface area contributed by atoms with E-state index in [1.54, 1.807) is 4.90 Å². The Morgan fingerprint density at radius 3 is 2.59 bits per heavy atom. The van der Waals surface area contributed by atoms with Crippen molar-refractivity contribution in [3.05, 3.63) is 24.3 Å². The molecule has 1 atom stereocenters. The van der Waals surface area contributed by atoms with E-state index in [4.69, 9.17) is 0 Å². The lowest BCUT2D eigenvalue weighted by Crippen LogP contribution is -2.55. The molecule has 1 aromatic rings. The molecule has 0 spiro atoms. The van der Waals surface area contributed by atoms with E-state index in [-0.39, 0.29) is 30.3 Å². The van der Waals surface area contributed by atoms with E-state index in [2.05, 4.69) is 10.6 Å². The molecular formula is C21H28N4O3S. The van der Waals surface area contributed by atoms with Gasteiger partial charge in [0.15, 0.2) is 5.25 Å². The van der Waals surface area contributed by atoms with Crippen LogP contribution in [0.15, 0.2) is 29.2 Å². The molecule has 1 saturated carbocycles. The number of carbonyl (C=O) groups is 3. The van der Waals surface area contributed by atoms with Crippen molar-refractivity contribution in [2.24, 2.45) is 0 Å². The fraction of sp³-hybridized carbons (Fsp3) is 0.571. The third kappa shape index (κ3) is 4.59. The van der Waals surface area contributed by atoms with Crippen LogP contribution in [0.1, 0.15) is 32.1 Å².